The van der Waals surface area contributed by atoms with Gasteiger partial charge in [-0.2, -0.15) is 5.10 Å². The molecule has 1 heterocycles. The van der Waals surface area contributed by atoms with Gasteiger partial charge in [-0.1, -0.05) is 6.92 Å². The molecule has 1 aromatic rings. The average molecular weight is 345 g/mol. The molecule has 4 nitrogen and oxygen atoms in total. The highest BCUT2D eigenvalue weighted by molar-refractivity contribution is 9.10. The van der Waals surface area contributed by atoms with Crippen LogP contribution in [0.1, 0.15) is 50.9 Å². The molecule has 0 amide bonds. The fraction of sp³-hybridized carbons (Fsp3) is 0.800. The SMILES string of the molecule is CCn1nc(C)c(Br)c1CC(O)C1(O)CCC(C)CC1. The summed E-state index contributed by atoms with van der Waals surface area (Å²) in [5.41, 5.74) is 0.964. The lowest BCUT2D eigenvalue weighted by Gasteiger charge is -2.38. The molecule has 0 radical (unpaired) electrons. The highest BCUT2D eigenvalue weighted by Gasteiger charge is 2.39. The van der Waals surface area contributed by atoms with Crippen molar-refractivity contribution < 1.29 is 10.2 Å². The summed E-state index contributed by atoms with van der Waals surface area (Å²) >= 11 is 3.55. The molecule has 1 saturated carbocycles. The van der Waals surface area contributed by atoms with Gasteiger partial charge in [0.05, 0.1) is 27.6 Å². The molecule has 1 unspecified atom stereocenters. The van der Waals surface area contributed by atoms with Gasteiger partial charge in [0.1, 0.15) is 0 Å². The minimum atomic E-state index is -0.942. The Bertz CT molecular complexity index is 465. The molecule has 5 heteroatoms. The summed E-state index contributed by atoms with van der Waals surface area (Å²) in [5.74, 6) is 0.651. The van der Waals surface area contributed by atoms with Crippen LogP contribution in [0.25, 0.3) is 0 Å². The Kier molecular flexibility index (Phi) is 4.92. The Labute approximate surface area is 129 Å². The van der Waals surface area contributed by atoms with Crippen molar-refractivity contribution in [2.24, 2.45) is 5.92 Å². The molecule has 1 aliphatic rings. The van der Waals surface area contributed by atoms with E-state index in [0.29, 0.717) is 25.2 Å². The van der Waals surface area contributed by atoms with E-state index in [-0.39, 0.29) is 0 Å². The zero-order chi connectivity index (χ0) is 14.9. The zero-order valence-electron chi connectivity index (χ0n) is 12.6. The molecule has 1 aromatic heterocycles. The molecule has 1 atom stereocenters. The Balaban J connectivity index is 2.13. The summed E-state index contributed by atoms with van der Waals surface area (Å²) in [6.45, 7) is 6.96. The highest BCUT2D eigenvalue weighted by Crippen LogP contribution is 2.36. The molecule has 2 N–H and O–H groups in total. The maximum absolute atomic E-state index is 10.7. The van der Waals surface area contributed by atoms with E-state index in [1.54, 1.807) is 0 Å². The number of hydrogen-bond acceptors (Lipinski definition) is 3. The summed E-state index contributed by atoms with van der Waals surface area (Å²) < 4.78 is 2.85. The van der Waals surface area contributed by atoms with Crippen LogP contribution in [0, 0.1) is 12.8 Å². The molecule has 1 fully saturated rings. The van der Waals surface area contributed by atoms with Crippen LogP contribution in [0.4, 0.5) is 0 Å². The number of halogens is 1. The van der Waals surface area contributed by atoms with E-state index in [2.05, 4.69) is 28.0 Å². The Morgan fingerprint density at radius 1 is 1.45 bits per heavy atom. The van der Waals surface area contributed by atoms with Crippen LogP contribution in [0.5, 0.6) is 0 Å². The lowest BCUT2D eigenvalue weighted by molar-refractivity contribution is -0.103. The minimum Gasteiger partial charge on any atom is -0.390 e. The van der Waals surface area contributed by atoms with E-state index in [9.17, 15) is 10.2 Å². The van der Waals surface area contributed by atoms with Gasteiger partial charge in [-0.05, 0) is 61.4 Å². The van der Waals surface area contributed by atoms with Crippen molar-refractivity contribution in [1.29, 1.82) is 0 Å². The lowest BCUT2D eigenvalue weighted by Crippen LogP contribution is -2.46. The number of aromatic nitrogens is 2. The number of nitrogens with zero attached hydrogens (tertiary/aromatic N) is 2. The third-order valence-electron chi connectivity index (χ3n) is 4.60. The van der Waals surface area contributed by atoms with Gasteiger partial charge in [-0.15, -0.1) is 0 Å². The van der Waals surface area contributed by atoms with Gasteiger partial charge in [-0.3, -0.25) is 4.68 Å². The Morgan fingerprint density at radius 2 is 2.05 bits per heavy atom. The molecule has 2 rings (SSSR count). The molecular formula is C15H25BrN2O2. The Morgan fingerprint density at radius 3 is 2.60 bits per heavy atom. The molecular weight excluding hydrogens is 320 g/mol. The van der Waals surface area contributed by atoms with E-state index in [4.69, 9.17) is 0 Å². The second kappa shape index (κ2) is 6.16. The van der Waals surface area contributed by atoms with Crippen molar-refractivity contribution in [3.8, 4) is 0 Å². The third-order valence-corrected chi connectivity index (χ3v) is 5.63. The van der Waals surface area contributed by atoms with E-state index >= 15 is 0 Å². The molecule has 1 aliphatic carbocycles. The summed E-state index contributed by atoms with van der Waals surface area (Å²) in [4.78, 5) is 0. The van der Waals surface area contributed by atoms with Crippen LogP contribution in [-0.4, -0.2) is 31.7 Å². The van der Waals surface area contributed by atoms with Gasteiger partial charge in [0.15, 0.2) is 0 Å². The van der Waals surface area contributed by atoms with Gasteiger partial charge in [0.25, 0.3) is 0 Å². The number of rotatable bonds is 4. The van der Waals surface area contributed by atoms with Gasteiger partial charge >= 0.3 is 0 Å². The topological polar surface area (TPSA) is 58.3 Å². The molecule has 0 saturated heterocycles. The van der Waals surface area contributed by atoms with Crippen LogP contribution >= 0.6 is 15.9 Å². The summed E-state index contributed by atoms with van der Waals surface area (Å²) in [5, 5.41) is 25.6. The first-order valence-electron chi connectivity index (χ1n) is 7.49. The minimum absolute atomic E-state index is 0.445. The van der Waals surface area contributed by atoms with Crippen molar-refractivity contribution in [3.63, 3.8) is 0 Å². The monoisotopic (exact) mass is 344 g/mol. The smallest absolute Gasteiger partial charge is 0.0909 e. The maximum Gasteiger partial charge on any atom is 0.0909 e. The predicted molar refractivity (Wildman–Crippen MR) is 82.6 cm³/mol. The quantitative estimate of drug-likeness (QED) is 0.882. The molecule has 0 aliphatic heterocycles. The van der Waals surface area contributed by atoms with Crippen LogP contribution in [0.15, 0.2) is 4.47 Å². The van der Waals surface area contributed by atoms with Crippen LogP contribution in [0.3, 0.4) is 0 Å². The second-order valence-electron chi connectivity index (χ2n) is 6.17. The van der Waals surface area contributed by atoms with E-state index < -0.39 is 11.7 Å². The van der Waals surface area contributed by atoms with Crippen molar-refractivity contribution in [3.05, 3.63) is 15.9 Å². The average Bonchev–Trinajstić information content (AvgIpc) is 2.70. The van der Waals surface area contributed by atoms with Gasteiger partial charge < -0.3 is 10.2 Å². The first-order valence-corrected chi connectivity index (χ1v) is 8.29. The summed E-state index contributed by atoms with van der Waals surface area (Å²) in [7, 11) is 0. The summed E-state index contributed by atoms with van der Waals surface area (Å²) in [6.07, 6.45) is 3.06. The lowest BCUT2D eigenvalue weighted by atomic mass is 9.75. The van der Waals surface area contributed by atoms with Crippen LogP contribution in [-0.2, 0) is 13.0 Å². The van der Waals surface area contributed by atoms with Crippen LogP contribution in [0.2, 0.25) is 0 Å². The predicted octanol–water partition coefficient (Wildman–Crippen LogP) is 2.82. The number of aliphatic hydroxyl groups excluding tert-OH is 1. The van der Waals surface area contributed by atoms with Crippen molar-refractivity contribution >= 4 is 15.9 Å². The van der Waals surface area contributed by atoms with Crippen LogP contribution < -0.4 is 0 Å². The standard InChI is InChI=1S/C15H25BrN2O2/c1-4-18-12(14(16)11(3)17-18)9-13(19)15(20)7-5-10(2)6-8-15/h10,13,19-20H,4-9H2,1-3H3. The van der Waals surface area contributed by atoms with E-state index in [1.165, 1.54) is 0 Å². The molecule has 0 spiro atoms. The van der Waals surface area contributed by atoms with E-state index in [0.717, 1.165) is 35.2 Å². The maximum atomic E-state index is 10.7. The molecule has 0 bridgehead atoms. The highest BCUT2D eigenvalue weighted by atomic mass is 79.9. The van der Waals surface area contributed by atoms with Crippen molar-refractivity contribution in [1.82, 2.24) is 9.78 Å². The molecule has 0 aromatic carbocycles. The first kappa shape index (κ1) is 16.0. The second-order valence-corrected chi connectivity index (χ2v) is 6.96. The molecule has 20 heavy (non-hydrogen) atoms. The Hall–Kier alpha value is -0.390. The van der Waals surface area contributed by atoms with Gasteiger partial charge in [0.2, 0.25) is 0 Å². The third kappa shape index (κ3) is 3.10. The van der Waals surface area contributed by atoms with Gasteiger partial charge in [-0.25, -0.2) is 0 Å². The normalized spacial score (nSPS) is 28.6. The van der Waals surface area contributed by atoms with Gasteiger partial charge in [0, 0.05) is 13.0 Å². The fourth-order valence-electron chi connectivity index (χ4n) is 3.03. The number of hydrogen-bond donors (Lipinski definition) is 2. The van der Waals surface area contributed by atoms with E-state index in [1.807, 2.05) is 18.5 Å². The summed E-state index contributed by atoms with van der Waals surface area (Å²) in [6, 6.07) is 0. The number of aliphatic hydroxyl groups is 2. The first-order chi connectivity index (χ1) is 9.37. The largest absolute Gasteiger partial charge is 0.390 e. The fourth-order valence-corrected chi connectivity index (χ4v) is 3.48. The van der Waals surface area contributed by atoms with Crippen molar-refractivity contribution in [2.75, 3.05) is 0 Å². The zero-order valence-corrected chi connectivity index (χ0v) is 14.2. The molecule has 114 valence electrons. The number of aryl methyl sites for hydroxylation is 2. The van der Waals surface area contributed by atoms with Crippen molar-refractivity contribution in [2.45, 2.75) is 71.1 Å².